The van der Waals surface area contributed by atoms with E-state index < -0.39 is 0 Å². The fraction of sp³-hybridized carbons (Fsp3) is 0. The molecule has 0 aliphatic carbocycles. The lowest BCUT2D eigenvalue weighted by molar-refractivity contribution is 0.620. The first-order valence-corrected chi connectivity index (χ1v) is 12.3. The molecule has 0 radical (unpaired) electrons. The fourth-order valence-electron chi connectivity index (χ4n) is 4.95. The molecule has 0 bridgehead atoms. The largest absolute Gasteiger partial charge is 0.436 e. The lowest BCUT2D eigenvalue weighted by Crippen LogP contribution is -1.84. The molecular formula is C34H22N2O. The zero-order valence-electron chi connectivity index (χ0n) is 20.0. The summed E-state index contributed by atoms with van der Waals surface area (Å²) in [4.78, 5) is 9.12. The SMILES string of the molecule is c1cncc(-c2ccc(-c3nc4c(-c5ccc(-c6cccc7ccccc67)cc5)cccc4o3)cc2)c1. The summed E-state index contributed by atoms with van der Waals surface area (Å²) in [7, 11) is 0. The number of benzene rings is 5. The van der Waals surface area contributed by atoms with E-state index in [1.165, 1.54) is 21.9 Å². The van der Waals surface area contributed by atoms with Gasteiger partial charge in [0.25, 0.3) is 0 Å². The standard InChI is InChI=1S/C34H22N2O/c1-2-9-29-24(6-1)7-3-10-30(29)25-15-17-26(18-16-25)31-11-4-12-32-33(31)36-34(37-32)27-19-13-23(14-20-27)28-8-5-21-35-22-28/h1-22H. The lowest BCUT2D eigenvalue weighted by Gasteiger charge is -2.08. The quantitative estimate of drug-likeness (QED) is 0.255. The van der Waals surface area contributed by atoms with E-state index in [1.807, 2.05) is 36.5 Å². The molecule has 0 saturated heterocycles. The molecular weight excluding hydrogens is 452 g/mol. The number of oxazole rings is 1. The van der Waals surface area contributed by atoms with Crippen LogP contribution in [-0.2, 0) is 0 Å². The van der Waals surface area contributed by atoms with Crippen molar-refractivity contribution in [3.8, 4) is 44.8 Å². The highest BCUT2D eigenvalue weighted by atomic mass is 16.3. The van der Waals surface area contributed by atoms with Crippen molar-refractivity contribution in [2.45, 2.75) is 0 Å². The Labute approximate surface area is 214 Å². The number of rotatable bonds is 4. The minimum atomic E-state index is 0.618. The Morgan fingerprint density at radius 2 is 1.16 bits per heavy atom. The van der Waals surface area contributed by atoms with Crippen LogP contribution in [-0.4, -0.2) is 9.97 Å². The summed E-state index contributed by atoms with van der Waals surface area (Å²) in [6, 6.07) is 42.0. The van der Waals surface area contributed by atoms with Gasteiger partial charge in [0.15, 0.2) is 5.58 Å². The zero-order valence-corrected chi connectivity index (χ0v) is 20.0. The lowest BCUT2D eigenvalue weighted by atomic mass is 9.96. The molecule has 3 nitrogen and oxygen atoms in total. The Bertz CT molecular complexity index is 1850. The topological polar surface area (TPSA) is 38.9 Å². The van der Waals surface area contributed by atoms with E-state index in [1.54, 1.807) is 6.20 Å². The van der Waals surface area contributed by atoms with Gasteiger partial charge in [0.1, 0.15) is 5.52 Å². The normalized spacial score (nSPS) is 11.2. The third-order valence-electron chi connectivity index (χ3n) is 6.84. The maximum absolute atomic E-state index is 6.18. The van der Waals surface area contributed by atoms with Crippen LogP contribution in [0.2, 0.25) is 0 Å². The number of fused-ring (bicyclic) bond motifs is 2. The van der Waals surface area contributed by atoms with Gasteiger partial charge in [0, 0.05) is 23.5 Å². The Morgan fingerprint density at radius 3 is 1.97 bits per heavy atom. The first-order chi connectivity index (χ1) is 18.3. The van der Waals surface area contributed by atoms with Gasteiger partial charge in [0.05, 0.1) is 0 Å². The molecule has 2 heterocycles. The highest BCUT2D eigenvalue weighted by Gasteiger charge is 2.13. The summed E-state index contributed by atoms with van der Waals surface area (Å²) in [5, 5.41) is 2.51. The minimum absolute atomic E-state index is 0.618. The van der Waals surface area contributed by atoms with E-state index in [0.717, 1.165) is 38.9 Å². The van der Waals surface area contributed by atoms with Crippen LogP contribution in [0, 0.1) is 0 Å². The summed E-state index contributed by atoms with van der Waals surface area (Å²) >= 11 is 0. The van der Waals surface area contributed by atoms with Gasteiger partial charge in [-0.3, -0.25) is 4.98 Å². The molecule has 37 heavy (non-hydrogen) atoms. The Morgan fingerprint density at radius 1 is 0.486 bits per heavy atom. The molecule has 2 aromatic heterocycles. The first kappa shape index (κ1) is 21.3. The summed E-state index contributed by atoms with van der Waals surface area (Å²) in [6.45, 7) is 0. The second-order valence-electron chi connectivity index (χ2n) is 9.09. The van der Waals surface area contributed by atoms with Crippen LogP contribution >= 0.6 is 0 Å². The summed E-state index contributed by atoms with van der Waals surface area (Å²) in [6.07, 6.45) is 3.65. The van der Waals surface area contributed by atoms with Gasteiger partial charge in [-0.15, -0.1) is 0 Å². The van der Waals surface area contributed by atoms with Crippen LogP contribution in [0.5, 0.6) is 0 Å². The molecule has 0 spiro atoms. The van der Waals surface area contributed by atoms with Gasteiger partial charge < -0.3 is 4.42 Å². The monoisotopic (exact) mass is 474 g/mol. The van der Waals surface area contributed by atoms with Gasteiger partial charge in [-0.1, -0.05) is 97.1 Å². The van der Waals surface area contributed by atoms with Gasteiger partial charge >= 0.3 is 0 Å². The Kier molecular flexibility index (Phi) is 5.11. The first-order valence-electron chi connectivity index (χ1n) is 12.3. The van der Waals surface area contributed by atoms with Crippen LogP contribution < -0.4 is 0 Å². The van der Waals surface area contributed by atoms with Crippen LogP contribution in [0.4, 0.5) is 0 Å². The van der Waals surface area contributed by atoms with Gasteiger partial charge in [0.2, 0.25) is 5.89 Å². The molecule has 7 rings (SSSR count). The predicted octanol–water partition coefficient (Wildman–Crippen LogP) is 9.04. The summed E-state index contributed by atoms with van der Waals surface area (Å²) in [5.74, 6) is 0.618. The summed E-state index contributed by atoms with van der Waals surface area (Å²) < 4.78 is 6.18. The van der Waals surface area contributed by atoms with Crippen LogP contribution in [0.25, 0.3) is 66.7 Å². The number of hydrogen-bond donors (Lipinski definition) is 0. The number of para-hydroxylation sites is 1. The van der Waals surface area contributed by atoms with Crippen LogP contribution in [0.3, 0.4) is 0 Å². The van der Waals surface area contributed by atoms with Crippen molar-refractivity contribution < 1.29 is 4.42 Å². The fourth-order valence-corrected chi connectivity index (χ4v) is 4.95. The van der Waals surface area contributed by atoms with Gasteiger partial charge in [-0.2, -0.15) is 0 Å². The van der Waals surface area contributed by atoms with Gasteiger partial charge in [-0.05, 0) is 62.9 Å². The molecule has 0 fully saturated rings. The molecule has 0 N–H and O–H groups in total. The van der Waals surface area contributed by atoms with Crippen molar-refractivity contribution in [3.05, 3.63) is 134 Å². The van der Waals surface area contributed by atoms with E-state index in [2.05, 4.69) is 96.0 Å². The molecule has 0 atom stereocenters. The van der Waals surface area contributed by atoms with Crippen molar-refractivity contribution in [3.63, 3.8) is 0 Å². The van der Waals surface area contributed by atoms with E-state index in [9.17, 15) is 0 Å². The summed E-state index contributed by atoms with van der Waals surface area (Å²) in [5.41, 5.74) is 9.39. The maximum atomic E-state index is 6.18. The van der Waals surface area contributed by atoms with E-state index >= 15 is 0 Å². The molecule has 0 saturated carbocycles. The van der Waals surface area contributed by atoms with Crippen LogP contribution in [0.15, 0.2) is 138 Å². The number of nitrogens with zero attached hydrogens (tertiary/aromatic N) is 2. The minimum Gasteiger partial charge on any atom is -0.436 e. The molecule has 0 unspecified atom stereocenters. The van der Waals surface area contributed by atoms with E-state index in [0.29, 0.717) is 5.89 Å². The Balaban J connectivity index is 1.24. The second-order valence-corrected chi connectivity index (χ2v) is 9.09. The van der Waals surface area contributed by atoms with E-state index in [4.69, 9.17) is 9.40 Å². The maximum Gasteiger partial charge on any atom is 0.227 e. The van der Waals surface area contributed by atoms with Crippen molar-refractivity contribution in [2.75, 3.05) is 0 Å². The molecule has 174 valence electrons. The van der Waals surface area contributed by atoms with E-state index in [-0.39, 0.29) is 0 Å². The average molecular weight is 475 g/mol. The average Bonchev–Trinajstić information content (AvgIpc) is 3.42. The van der Waals surface area contributed by atoms with Crippen LogP contribution in [0.1, 0.15) is 0 Å². The van der Waals surface area contributed by atoms with Crippen molar-refractivity contribution in [1.29, 1.82) is 0 Å². The Hall–Kier alpha value is -5.02. The highest BCUT2D eigenvalue weighted by Crippen LogP contribution is 2.35. The molecule has 5 aromatic carbocycles. The molecule has 0 aliphatic heterocycles. The molecule has 0 amide bonds. The third kappa shape index (κ3) is 3.87. The second kappa shape index (κ2) is 8.89. The smallest absolute Gasteiger partial charge is 0.227 e. The number of pyridine rings is 1. The van der Waals surface area contributed by atoms with Gasteiger partial charge in [-0.25, -0.2) is 4.98 Å². The highest BCUT2D eigenvalue weighted by molar-refractivity contribution is 5.97. The van der Waals surface area contributed by atoms with Crippen molar-refractivity contribution in [2.24, 2.45) is 0 Å². The number of hydrogen-bond acceptors (Lipinski definition) is 3. The van der Waals surface area contributed by atoms with Crippen molar-refractivity contribution in [1.82, 2.24) is 9.97 Å². The molecule has 3 heteroatoms. The molecule has 7 aromatic rings. The molecule has 0 aliphatic rings. The predicted molar refractivity (Wildman–Crippen MR) is 151 cm³/mol. The third-order valence-corrected chi connectivity index (χ3v) is 6.84. The van der Waals surface area contributed by atoms with Crippen molar-refractivity contribution >= 4 is 21.9 Å². The number of aromatic nitrogens is 2. The zero-order chi connectivity index (χ0) is 24.6.